The molecule has 198 valence electrons. The molecule has 1 aromatic heterocycles. The van der Waals surface area contributed by atoms with Crippen LogP contribution in [0.15, 0.2) is 66.7 Å². The maximum Gasteiger partial charge on any atom is 0.322 e. The van der Waals surface area contributed by atoms with E-state index < -0.39 is 0 Å². The molecule has 2 heterocycles. The minimum Gasteiger partial charge on any atom is -0.379 e. The molecule has 3 amide bonds. The number of nitrogens with one attached hydrogen (secondary N) is 1. The highest BCUT2D eigenvalue weighted by Crippen LogP contribution is 2.19. The van der Waals surface area contributed by atoms with Crippen LogP contribution in [0.3, 0.4) is 0 Å². The molecule has 1 N–H and O–H groups in total. The number of aryl methyl sites for hydroxylation is 1. The number of rotatable bonds is 10. The predicted octanol–water partition coefficient (Wildman–Crippen LogP) is 4.32. The van der Waals surface area contributed by atoms with Crippen LogP contribution in [-0.4, -0.2) is 72.6 Å². The zero-order valence-electron chi connectivity index (χ0n) is 21.6. The van der Waals surface area contributed by atoms with Crippen LogP contribution >= 0.6 is 11.3 Å². The summed E-state index contributed by atoms with van der Waals surface area (Å²) in [4.78, 5) is 35.0. The van der Waals surface area contributed by atoms with Gasteiger partial charge in [0.25, 0.3) is 0 Å². The number of anilines is 1. The molecular formula is C29H33N5O3S. The Morgan fingerprint density at radius 3 is 2.39 bits per heavy atom. The van der Waals surface area contributed by atoms with Crippen LogP contribution < -0.4 is 5.32 Å². The topological polar surface area (TPSA) is 88.9 Å². The fourth-order valence-electron chi connectivity index (χ4n) is 4.23. The molecule has 2 aromatic carbocycles. The Morgan fingerprint density at radius 2 is 1.74 bits per heavy atom. The van der Waals surface area contributed by atoms with Gasteiger partial charge in [-0.05, 0) is 48.9 Å². The molecular weight excluding hydrogens is 498 g/mol. The Bertz CT molecular complexity index is 1230. The van der Waals surface area contributed by atoms with E-state index in [-0.39, 0.29) is 18.5 Å². The number of morpholine rings is 1. The van der Waals surface area contributed by atoms with Crippen molar-refractivity contribution in [2.75, 3.05) is 51.3 Å². The summed E-state index contributed by atoms with van der Waals surface area (Å²) in [5.74, 6) is -0.114. The van der Waals surface area contributed by atoms with Crippen molar-refractivity contribution >= 4 is 29.0 Å². The molecule has 0 bridgehead atoms. The average Bonchev–Trinajstić information content (AvgIpc) is 3.36. The van der Waals surface area contributed by atoms with E-state index in [0.717, 1.165) is 23.5 Å². The fourth-order valence-corrected chi connectivity index (χ4v) is 5.13. The van der Waals surface area contributed by atoms with Crippen molar-refractivity contribution in [3.8, 4) is 6.07 Å². The molecule has 0 spiro atoms. The normalized spacial score (nSPS) is 13.5. The van der Waals surface area contributed by atoms with Gasteiger partial charge in [0, 0.05) is 48.2 Å². The second kappa shape index (κ2) is 13.7. The lowest BCUT2D eigenvalue weighted by atomic mass is 10.2. The van der Waals surface area contributed by atoms with Gasteiger partial charge in [0.15, 0.2) is 0 Å². The molecule has 0 unspecified atom stereocenters. The third-order valence-corrected chi connectivity index (χ3v) is 7.37. The van der Waals surface area contributed by atoms with Gasteiger partial charge >= 0.3 is 6.03 Å². The van der Waals surface area contributed by atoms with Crippen molar-refractivity contribution in [3.05, 3.63) is 87.6 Å². The number of ether oxygens (including phenoxy) is 1. The number of urea groups is 1. The molecule has 0 saturated carbocycles. The third-order valence-electron chi connectivity index (χ3n) is 6.38. The van der Waals surface area contributed by atoms with Gasteiger partial charge in [-0.25, -0.2) is 4.79 Å². The Labute approximate surface area is 228 Å². The van der Waals surface area contributed by atoms with E-state index >= 15 is 0 Å². The lowest BCUT2D eigenvalue weighted by Gasteiger charge is -2.31. The molecule has 1 fully saturated rings. The van der Waals surface area contributed by atoms with E-state index in [1.165, 1.54) is 4.88 Å². The van der Waals surface area contributed by atoms with Gasteiger partial charge in [-0.15, -0.1) is 11.3 Å². The highest BCUT2D eigenvalue weighted by Gasteiger charge is 2.23. The smallest absolute Gasteiger partial charge is 0.322 e. The minimum atomic E-state index is -0.344. The number of nitrogens with zero attached hydrogens (tertiary/aromatic N) is 4. The first-order chi connectivity index (χ1) is 18.5. The van der Waals surface area contributed by atoms with Gasteiger partial charge in [0.05, 0.1) is 31.4 Å². The number of thiophene rings is 1. The summed E-state index contributed by atoms with van der Waals surface area (Å²) in [6.07, 6.45) is 0. The van der Waals surface area contributed by atoms with Gasteiger partial charge in [0.2, 0.25) is 5.91 Å². The quantitative estimate of drug-likeness (QED) is 0.421. The maximum absolute atomic E-state index is 13.7. The lowest BCUT2D eigenvalue weighted by Crippen LogP contribution is -2.48. The lowest BCUT2D eigenvalue weighted by molar-refractivity contribution is -0.133. The van der Waals surface area contributed by atoms with Crippen LogP contribution in [0, 0.1) is 18.3 Å². The van der Waals surface area contributed by atoms with E-state index in [1.54, 1.807) is 40.5 Å². The number of carbonyl (C=O) groups is 2. The first-order valence-electron chi connectivity index (χ1n) is 12.7. The summed E-state index contributed by atoms with van der Waals surface area (Å²) in [6, 6.07) is 22.5. The van der Waals surface area contributed by atoms with Gasteiger partial charge in [-0.1, -0.05) is 30.3 Å². The standard InChI is InChI=1S/C29H33N5O3S/c1-23-7-12-27(38-23)21-34(20-25-5-3-2-4-6-25)28(35)22-33(14-13-32-15-17-37-18-16-32)29(36)31-26-10-8-24(19-30)9-11-26/h2-12H,13-18,20-22H2,1H3,(H,31,36). The number of carbonyl (C=O) groups excluding carboxylic acids is 2. The van der Waals surface area contributed by atoms with Crippen molar-refractivity contribution in [1.82, 2.24) is 14.7 Å². The SMILES string of the molecule is Cc1ccc(CN(Cc2ccccc2)C(=O)CN(CCN2CCOCC2)C(=O)Nc2ccc(C#N)cc2)s1. The molecule has 4 rings (SSSR count). The zero-order chi connectivity index (χ0) is 26.7. The molecule has 1 aliphatic rings. The number of nitriles is 1. The zero-order valence-corrected chi connectivity index (χ0v) is 22.5. The molecule has 8 nitrogen and oxygen atoms in total. The van der Waals surface area contributed by atoms with Crippen LogP contribution in [0.4, 0.5) is 10.5 Å². The van der Waals surface area contributed by atoms with Crippen LogP contribution in [0.1, 0.15) is 20.9 Å². The highest BCUT2D eigenvalue weighted by atomic mass is 32.1. The van der Waals surface area contributed by atoms with E-state index in [4.69, 9.17) is 10.00 Å². The summed E-state index contributed by atoms with van der Waals surface area (Å²) >= 11 is 1.67. The van der Waals surface area contributed by atoms with Crippen molar-refractivity contribution in [3.63, 3.8) is 0 Å². The van der Waals surface area contributed by atoms with Crippen molar-refractivity contribution < 1.29 is 14.3 Å². The molecule has 38 heavy (non-hydrogen) atoms. The Morgan fingerprint density at radius 1 is 1.00 bits per heavy atom. The van der Waals surface area contributed by atoms with E-state index in [0.29, 0.717) is 50.6 Å². The number of hydrogen-bond acceptors (Lipinski definition) is 6. The van der Waals surface area contributed by atoms with Gasteiger partial charge < -0.3 is 19.9 Å². The van der Waals surface area contributed by atoms with Crippen LogP contribution in [0.2, 0.25) is 0 Å². The number of hydrogen-bond donors (Lipinski definition) is 1. The van der Waals surface area contributed by atoms with Crippen LogP contribution in [0.25, 0.3) is 0 Å². The molecule has 3 aromatic rings. The summed E-state index contributed by atoms with van der Waals surface area (Å²) in [5, 5.41) is 11.9. The molecule has 0 atom stereocenters. The first kappa shape index (κ1) is 27.3. The average molecular weight is 532 g/mol. The largest absolute Gasteiger partial charge is 0.379 e. The van der Waals surface area contributed by atoms with Crippen molar-refractivity contribution in [2.24, 2.45) is 0 Å². The molecule has 1 aliphatic heterocycles. The van der Waals surface area contributed by atoms with Crippen LogP contribution in [0.5, 0.6) is 0 Å². The van der Waals surface area contributed by atoms with Gasteiger partial charge in [-0.3, -0.25) is 9.69 Å². The minimum absolute atomic E-state index is 0.0381. The first-order valence-corrected chi connectivity index (χ1v) is 13.5. The highest BCUT2D eigenvalue weighted by molar-refractivity contribution is 7.11. The van der Waals surface area contributed by atoms with E-state index in [1.807, 2.05) is 35.2 Å². The number of amides is 3. The molecule has 0 radical (unpaired) electrons. The van der Waals surface area contributed by atoms with Gasteiger partial charge in [0.1, 0.15) is 6.54 Å². The van der Waals surface area contributed by atoms with Crippen molar-refractivity contribution in [1.29, 1.82) is 5.26 Å². The molecule has 1 saturated heterocycles. The van der Waals surface area contributed by atoms with Gasteiger partial charge in [-0.2, -0.15) is 5.26 Å². The molecule has 0 aliphatic carbocycles. The monoisotopic (exact) mass is 531 g/mol. The summed E-state index contributed by atoms with van der Waals surface area (Å²) in [5.41, 5.74) is 2.13. The second-order valence-corrected chi connectivity index (χ2v) is 10.6. The van der Waals surface area contributed by atoms with Crippen LogP contribution in [-0.2, 0) is 22.6 Å². The fraction of sp³-hybridized carbons (Fsp3) is 0.345. The third kappa shape index (κ3) is 8.15. The molecule has 9 heteroatoms. The van der Waals surface area contributed by atoms with E-state index in [2.05, 4.69) is 35.3 Å². The maximum atomic E-state index is 13.7. The van der Waals surface area contributed by atoms with E-state index in [9.17, 15) is 9.59 Å². The Hall–Kier alpha value is -3.71. The Kier molecular flexibility index (Phi) is 9.87. The summed E-state index contributed by atoms with van der Waals surface area (Å²) in [6.45, 7) is 6.97. The predicted molar refractivity (Wildman–Crippen MR) is 149 cm³/mol. The number of benzene rings is 2. The second-order valence-electron chi connectivity index (χ2n) is 9.24. The Balaban J connectivity index is 1.49. The summed E-state index contributed by atoms with van der Waals surface area (Å²) < 4.78 is 5.45. The van der Waals surface area contributed by atoms with Crippen molar-refractivity contribution in [2.45, 2.75) is 20.0 Å². The summed E-state index contributed by atoms with van der Waals surface area (Å²) in [7, 11) is 0.